The van der Waals surface area contributed by atoms with E-state index in [0.29, 0.717) is 23.8 Å². The van der Waals surface area contributed by atoms with E-state index in [0.717, 1.165) is 12.0 Å². The number of amides is 1. The summed E-state index contributed by atoms with van der Waals surface area (Å²) in [5.74, 6) is 0.722. The predicted molar refractivity (Wildman–Crippen MR) is 78.5 cm³/mol. The highest BCUT2D eigenvalue weighted by Gasteiger charge is 2.12. The van der Waals surface area contributed by atoms with Crippen molar-refractivity contribution in [2.45, 2.75) is 46.5 Å². The van der Waals surface area contributed by atoms with Gasteiger partial charge in [-0.1, -0.05) is 39.2 Å². The van der Waals surface area contributed by atoms with Crippen LogP contribution in [-0.2, 0) is 0 Å². The molecule has 3 heteroatoms. The van der Waals surface area contributed by atoms with Crippen LogP contribution in [-0.4, -0.2) is 12.5 Å². The monoisotopic (exact) mass is 263 g/mol. The van der Waals surface area contributed by atoms with Crippen LogP contribution in [0.1, 0.15) is 55.5 Å². The number of benzene rings is 1. The average Bonchev–Trinajstić information content (AvgIpc) is 2.38. The third-order valence-corrected chi connectivity index (χ3v) is 3.42. The van der Waals surface area contributed by atoms with Gasteiger partial charge in [0, 0.05) is 0 Å². The lowest BCUT2D eigenvalue weighted by Crippen LogP contribution is -2.16. The fourth-order valence-electron chi connectivity index (χ4n) is 2.06. The topological polar surface area (TPSA) is 52.3 Å². The molecule has 0 bridgehead atoms. The molecule has 0 aliphatic carbocycles. The molecule has 0 saturated carbocycles. The van der Waals surface area contributed by atoms with Crippen molar-refractivity contribution in [3.05, 3.63) is 29.3 Å². The normalized spacial score (nSPS) is 12.2. The number of nitrogens with two attached hydrogens (primary N) is 1. The molecule has 0 saturated heterocycles. The van der Waals surface area contributed by atoms with Gasteiger partial charge in [-0.3, -0.25) is 4.79 Å². The fraction of sp³-hybridized carbons (Fsp3) is 0.562. The van der Waals surface area contributed by atoms with E-state index in [1.54, 1.807) is 6.07 Å². The molecule has 1 amide bonds. The van der Waals surface area contributed by atoms with Crippen LogP contribution in [0.2, 0.25) is 0 Å². The van der Waals surface area contributed by atoms with Gasteiger partial charge in [-0.2, -0.15) is 0 Å². The number of rotatable bonds is 8. The summed E-state index contributed by atoms with van der Waals surface area (Å²) in [6.07, 6.45) is 4.69. The largest absolute Gasteiger partial charge is 0.492 e. The van der Waals surface area contributed by atoms with Crippen molar-refractivity contribution in [2.24, 2.45) is 11.7 Å². The van der Waals surface area contributed by atoms with Crippen molar-refractivity contribution >= 4 is 5.91 Å². The van der Waals surface area contributed by atoms with Crippen LogP contribution in [0.4, 0.5) is 0 Å². The SMILES string of the molecule is CCCC[C@H](CC)COc1cc(C)ccc1C(N)=O. The first kappa shape index (κ1) is 15.5. The van der Waals surface area contributed by atoms with Crippen molar-refractivity contribution in [3.63, 3.8) is 0 Å². The number of unbranched alkanes of at least 4 members (excludes halogenated alkanes) is 1. The van der Waals surface area contributed by atoms with Crippen molar-refractivity contribution in [1.29, 1.82) is 0 Å². The van der Waals surface area contributed by atoms with E-state index in [-0.39, 0.29) is 0 Å². The van der Waals surface area contributed by atoms with Crippen molar-refractivity contribution in [2.75, 3.05) is 6.61 Å². The van der Waals surface area contributed by atoms with Gasteiger partial charge in [0.2, 0.25) is 0 Å². The minimum absolute atomic E-state index is 0.434. The van der Waals surface area contributed by atoms with Gasteiger partial charge in [-0.25, -0.2) is 0 Å². The molecule has 1 aromatic rings. The number of carbonyl (C=O) groups excluding carboxylic acids is 1. The summed E-state index contributed by atoms with van der Waals surface area (Å²) in [5, 5.41) is 0. The maximum absolute atomic E-state index is 11.4. The summed E-state index contributed by atoms with van der Waals surface area (Å²) in [4.78, 5) is 11.4. The zero-order valence-electron chi connectivity index (χ0n) is 12.2. The molecule has 0 spiro atoms. The van der Waals surface area contributed by atoms with E-state index in [4.69, 9.17) is 10.5 Å². The lowest BCUT2D eigenvalue weighted by Gasteiger charge is -2.17. The van der Waals surface area contributed by atoms with Gasteiger partial charge in [0.15, 0.2) is 0 Å². The van der Waals surface area contributed by atoms with E-state index in [2.05, 4.69) is 13.8 Å². The van der Waals surface area contributed by atoms with Gasteiger partial charge in [-0.15, -0.1) is 0 Å². The molecular formula is C16H25NO2. The molecule has 0 aliphatic rings. The Morgan fingerprint density at radius 1 is 1.37 bits per heavy atom. The van der Waals surface area contributed by atoms with E-state index in [1.807, 2.05) is 19.1 Å². The quantitative estimate of drug-likeness (QED) is 0.777. The third-order valence-electron chi connectivity index (χ3n) is 3.42. The van der Waals surface area contributed by atoms with Gasteiger partial charge in [-0.05, 0) is 37.0 Å². The maximum Gasteiger partial charge on any atom is 0.252 e. The Bertz CT molecular complexity index is 415. The minimum Gasteiger partial charge on any atom is -0.492 e. The highest BCUT2D eigenvalue weighted by atomic mass is 16.5. The lowest BCUT2D eigenvalue weighted by atomic mass is 10.0. The van der Waals surface area contributed by atoms with E-state index < -0.39 is 5.91 Å². The molecule has 106 valence electrons. The Morgan fingerprint density at radius 2 is 2.11 bits per heavy atom. The summed E-state index contributed by atoms with van der Waals surface area (Å²) >= 11 is 0. The molecule has 0 radical (unpaired) electrons. The molecule has 0 aromatic heterocycles. The van der Waals surface area contributed by atoms with E-state index >= 15 is 0 Å². The summed E-state index contributed by atoms with van der Waals surface area (Å²) in [5.41, 5.74) is 6.90. The van der Waals surface area contributed by atoms with Crippen molar-refractivity contribution in [1.82, 2.24) is 0 Å². The Morgan fingerprint density at radius 3 is 2.68 bits per heavy atom. The Kier molecular flexibility index (Phi) is 6.40. The Hall–Kier alpha value is -1.51. The van der Waals surface area contributed by atoms with E-state index in [1.165, 1.54) is 19.3 Å². The number of hydrogen-bond donors (Lipinski definition) is 1. The minimum atomic E-state index is -0.434. The lowest BCUT2D eigenvalue weighted by molar-refractivity contribution is 0.0995. The predicted octanol–water partition coefficient (Wildman–Crippen LogP) is 3.69. The van der Waals surface area contributed by atoms with Crippen LogP contribution in [0.5, 0.6) is 5.75 Å². The molecule has 1 rings (SSSR count). The number of carbonyl (C=O) groups is 1. The zero-order valence-corrected chi connectivity index (χ0v) is 12.2. The second-order valence-corrected chi connectivity index (χ2v) is 5.09. The zero-order chi connectivity index (χ0) is 14.3. The van der Waals surface area contributed by atoms with Crippen LogP contribution in [0.25, 0.3) is 0 Å². The Labute approximate surface area is 116 Å². The van der Waals surface area contributed by atoms with Gasteiger partial charge < -0.3 is 10.5 Å². The first-order valence-electron chi connectivity index (χ1n) is 7.11. The maximum atomic E-state index is 11.4. The van der Waals surface area contributed by atoms with Gasteiger partial charge in [0.05, 0.1) is 12.2 Å². The number of ether oxygens (including phenoxy) is 1. The van der Waals surface area contributed by atoms with E-state index in [9.17, 15) is 4.79 Å². The van der Waals surface area contributed by atoms with Crippen LogP contribution in [0.3, 0.4) is 0 Å². The van der Waals surface area contributed by atoms with Crippen LogP contribution in [0.15, 0.2) is 18.2 Å². The molecule has 0 aliphatic heterocycles. The van der Waals surface area contributed by atoms with Gasteiger partial charge in [0.1, 0.15) is 5.75 Å². The smallest absolute Gasteiger partial charge is 0.252 e. The standard InChI is InChI=1S/C16H25NO2/c1-4-6-7-13(5-2)11-19-15-10-12(3)8-9-14(15)16(17)18/h8-10,13H,4-7,11H2,1-3H3,(H2,17,18)/t13-/m0/s1. The molecule has 2 N–H and O–H groups in total. The highest BCUT2D eigenvalue weighted by molar-refractivity contribution is 5.95. The molecular weight excluding hydrogens is 238 g/mol. The first-order chi connectivity index (χ1) is 9.08. The second kappa shape index (κ2) is 7.82. The van der Waals surface area contributed by atoms with Crippen molar-refractivity contribution < 1.29 is 9.53 Å². The number of primary amides is 1. The molecule has 1 aromatic carbocycles. The number of hydrogen-bond acceptors (Lipinski definition) is 2. The summed E-state index contributed by atoms with van der Waals surface area (Å²) in [7, 11) is 0. The highest BCUT2D eigenvalue weighted by Crippen LogP contribution is 2.22. The number of aryl methyl sites for hydroxylation is 1. The first-order valence-corrected chi connectivity index (χ1v) is 7.11. The van der Waals surface area contributed by atoms with Crippen LogP contribution in [0, 0.1) is 12.8 Å². The molecule has 0 fully saturated rings. The van der Waals surface area contributed by atoms with Crippen LogP contribution < -0.4 is 10.5 Å². The fourth-order valence-corrected chi connectivity index (χ4v) is 2.06. The molecule has 0 unspecified atom stereocenters. The third kappa shape index (κ3) is 4.93. The molecule has 0 heterocycles. The molecule has 3 nitrogen and oxygen atoms in total. The molecule has 1 atom stereocenters. The van der Waals surface area contributed by atoms with Crippen LogP contribution >= 0.6 is 0 Å². The summed E-state index contributed by atoms with van der Waals surface area (Å²) in [6, 6.07) is 5.49. The average molecular weight is 263 g/mol. The Balaban J connectivity index is 2.70. The summed E-state index contributed by atoms with van der Waals surface area (Å²) in [6.45, 7) is 7.00. The van der Waals surface area contributed by atoms with Crippen molar-refractivity contribution in [3.8, 4) is 5.75 Å². The molecule has 19 heavy (non-hydrogen) atoms. The summed E-state index contributed by atoms with van der Waals surface area (Å²) < 4.78 is 5.83. The van der Waals surface area contributed by atoms with Gasteiger partial charge >= 0.3 is 0 Å². The second-order valence-electron chi connectivity index (χ2n) is 5.09. The van der Waals surface area contributed by atoms with Gasteiger partial charge in [0.25, 0.3) is 5.91 Å².